The number of fused-ring (bicyclic) bond motifs is 1. The van der Waals surface area contributed by atoms with Gasteiger partial charge in [0.15, 0.2) is 0 Å². The predicted octanol–water partition coefficient (Wildman–Crippen LogP) is 2.55. The Balaban J connectivity index is 2.10. The molecule has 0 aliphatic carbocycles. The maximum atomic E-state index is 5.43. The minimum atomic E-state index is 0.718. The molecule has 2 rings (SSSR count). The third kappa shape index (κ3) is 2.20. The first-order valence-corrected chi connectivity index (χ1v) is 4.97. The molecule has 76 valence electrons. The topological polar surface area (TPSA) is 25.2 Å². The zero-order valence-corrected chi connectivity index (χ0v) is 8.71. The molecule has 0 aliphatic rings. The second kappa shape index (κ2) is 4.68. The number of furan rings is 1. The molecule has 1 aromatic heterocycles. The summed E-state index contributed by atoms with van der Waals surface area (Å²) in [6.07, 6.45) is 1.80. The molecule has 2 aromatic rings. The average Bonchev–Trinajstić information content (AvgIpc) is 2.68. The average molecular weight is 199 g/mol. The van der Waals surface area contributed by atoms with Gasteiger partial charge in [-0.25, -0.2) is 0 Å². The van der Waals surface area contributed by atoms with Crippen LogP contribution >= 0.6 is 0 Å². The highest BCUT2D eigenvalue weighted by molar-refractivity contribution is 5.80. The fourth-order valence-electron chi connectivity index (χ4n) is 1.52. The largest absolute Gasteiger partial charge is 0.464 e. The van der Waals surface area contributed by atoms with Gasteiger partial charge in [-0.3, -0.25) is 0 Å². The lowest BCUT2D eigenvalue weighted by molar-refractivity contribution is 0.606. The van der Waals surface area contributed by atoms with Crippen LogP contribution in [0.4, 0.5) is 0 Å². The van der Waals surface area contributed by atoms with E-state index in [1.165, 1.54) is 10.9 Å². The van der Waals surface area contributed by atoms with E-state index in [0.29, 0.717) is 0 Å². The highest BCUT2D eigenvalue weighted by atomic mass is 16.3. The molecule has 1 heterocycles. The molecule has 2 heteroatoms. The first kappa shape index (κ1) is 9.82. The van der Waals surface area contributed by atoms with Crippen molar-refractivity contribution < 1.29 is 4.42 Å². The fraction of sp³-hybridized carbons (Fsp3) is 0.231. The van der Waals surface area contributed by atoms with E-state index in [1.54, 1.807) is 6.26 Å². The van der Waals surface area contributed by atoms with Crippen molar-refractivity contribution in [1.82, 2.24) is 5.32 Å². The van der Waals surface area contributed by atoms with Gasteiger partial charge < -0.3 is 9.73 Å². The molecule has 1 N–H and O–H groups in total. The Morgan fingerprint density at radius 3 is 3.07 bits per heavy atom. The molecule has 0 saturated carbocycles. The number of nitrogens with one attached hydrogen (secondary N) is 1. The summed E-state index contributed by atoms with van der Waals surface area (Å²) in [7, 11) is 0. The maximum Gasteiger partial charge on any atom is 0.134 e. The zero-order chi connectivity index (χ0) is 10.5. The van der Waals surface area contributed by atoms with E-state index in [1.807, 2.05) is 25.1 Å². The van der Waals surface area contributed by atoms with Gasteiger partial charge in [0.2, 0.25) is 0 Å². The van der Waals surface area contributed by atoms with Gasteiger partial charge in [0.25, 0.3) is 0 Å². The van der Waals surface area contributed by atoms with Crippen molar-refractivity contribution in [3.8, 4) is 11.8 Å². The van der Waals surface area contributed by atoms with Crippen molar-refractivity contribution in [2.45, 2.75) is 13.5 Å². The van der Waals surface area contributed by atoms with Gasteiger partial charge in [0.05, 0.1) is 12.8 Å². The standard InChI is InChI=1S/C13H13NO/c1-2-3-8-14-9-11-10-15-13-7-5-4-6-12(11)13/h4-7,10,14H,8-9H2,1H3. The number of hydrogen-bond donors (Lipinski definition) is 1. The SMILES string of the molecule is CC#CCNCc1coc2ccccc12. The highest BCUT2D eigenvalue weighted by Gasteiger charge is 2.02. The van der Waals surface area contributed by atoms with Gasteiger partial charge in [0, 0.05) is 17.5 Å². The molecule has 0 amide bonds. The van der Waals surface area contributed by atoms with Gasteiger partial charge in [-0.15, -0.1) is 5.92 Å². The first-order chi connectivity index (χ1) is 7.42. The lowest BCUT2D eigenvalue weighted by Gasteiger charge is -1.97. The number of para-hydroxylation sites is 1. The molecule has 0 spiro atoms. The molecular formula is C13H13NO. The van der Waals surface area contributed by atoms with Crippen LogP contribution in [-0.2, 0) is 6.54 Å². The van der Waals surface area contributed by atoms with Crippen LogP contribution in [0.15, 0.2) is 34.9 Å². The zero-order valence-electron chi connectivity index (χ0n) is 8.71. The van der Waals surface area contributed by atoms with Crippen molar-refractivity contribution in [2.75, 3.05) is 6.54 Å². The quantitative estimate of drug-likeness (QED) is 0.607. The summed E-state index contributed by atoms with van der Waals surface area (Å²) in [5.41, 5.74) is 2.12. The lowest BCUT2D eigenvalue weighted by atomic mass is 10.2. The molecule has 0 fully saturated rings. The monoisotopic (exact) mass is 199 g/mol. The molecule has 0 bridgehead atoms. The molecule has 1 aromatic carbocycles. The van der Waals surface area contributed by atoms with E-state index in [9.17, 15) is 0 Å². The van der Waals surface area contributed by atoms with Crippen LogP contribution < -0.4 is 5.32 Å². The summed E-state index contributed by atoms with van der Waals surface area (Å²) in [6, 6.07) is 8.05. The Kier molecular flexibility index (Phi) is 3.06. The predicted molar refractivity (Wildman–Crippen MR) is 61.4 cm³/mol. The van der Waals surface area contributed by atoms with Crippen LogP contribution in [0.5, 0.6) is 0 Å². The van der Waals surface area contributed by atoms with E-state index < -0.39 is 0 Å². The molecular weight excluding hydrogens is 186 g/mol. The van der Waals surface area contributed by atoms with Crippen LogP contribution in [0.1, 0.15) is 12.5 Å². The van der Waals surface area contributed by atoms with E-state index in [4.69, 9.17) is 4.42 Å². The van der Waals surface area contributed by atoms with Crippen molar-refractivity contribution in [3.63, 3.8) is 0 Å². The number of benzene rings is 1. The summed E-state index contributed by atoms with van der Waals surface area (Å²) in [4.78, 5) is 0. The molecule has 0 saturated heterocycles. The van der Waals surface area contributed by atoms with Crippen LogP contribution in [0.25, 0.3) is 11.0 Å². The summed E-state index contributed by atoms with van der Waals surface area (Å²) in [5, 5.41) is 4.42. The van der Waals surface area contributed by atoms with E-state index in [0.717, 1.165) is 18.7 Å². The van der Waals surface area contributed by atoms with Gasteiger partial charge in [-0.1, -0.05) is 24.1 Å². The van der Waals surface area contributed by atoms with Gasteiger partial charge in [0.1, 0.15) is 5.58 Å². The van der Waals surface area contributed by atoms with Crippen LogP contribution in [0, 0.1) is 11.8 Å². The molecule has 2 nitrogen and oxygen atoms in total. The smallest absolute Gasteiger partial charge is 0.134 e. The number of rotatable bonds is 3. The minimum Gasteiger partial charge on any atom is -0.464 e. The van der Waals surface area contributed by atoms with Crippen molar-refractivity contribution in [2.24, 2.45) is 0 Å². The third-order valence-electron chi connectivity index (χ3n) is 2.27. The van der Waals surface area contributed by atoms with E-state index in [2.05, 4.69) is 23.2 Å². The van der Waals surface area contributed by atoms with Crippen molar-refractivity contribution in [1.29, 1.82) is 0 Å². The Morgan fingerprint density at radius 1 is 1.33 bits per heavy atom. The minimum absolute atomic E-state index is 0.718. The van der Waals surface area contributed by atoms with Crippen LogP contribution in [-0.4, -0.2) is 6.54 Å². The van der Waals surface area contributed by atoms with Crippen LogP contribution in [0.3, 0.4) is 0 Å². The fourth-order valence-corrected chi connectivity index (χ4v) is 1.52. The first-order valence-electron chi connectivity index (χ1n) is 4.97. The summed E-state index contributed by atoms with van der Waals surface area (Å²) >= 11 is 0. The molecule has 0 aliphatic heterocycles. The van der Waals surface area contributed by atoms with E-state index in [-0.39, 0.29) is 0 Å². The summed E-state index contributed by atoms with van der Waals surface area (Å²) < 4.78 is 5.43. The normalized spacial score (nSPS) is 9.93. The maximum absolute atomic E-state index is 5.43. The lowest BCUT2D eigenvalue weighted by Crippen LogP contribution is -2.12. The Morgan fingerprint density at radius 2 is 2.20 bits per heavy atom. The Hall–Kier alpha value is -1.72. The van der Waals surface area contributed by atoms with E-state index >= 15 is 0 Å². The second-order valence-electron chi connectivity index (χ2n) is 3.29. The van der Waals surface area contributed by atoms with Gasteiger partial charge in [-0.05, 0) is 13.0 Å². The van der Waals surface area contributed by atoms with Gasteiger partial charge >= 0.3 is 0 Å². The second-order valence-corrected chi connectivity index (χ2v) is 3.29. The molecule has 0 radical (unpaired) electrons. The van der Waals surface area contributed by atoms with Crippen molar-refractivity contribution >= 4 is 11.0 Å². The van der Waals surface area contributed by atoms with Crippen LogP contribution in [0.2, 0.25) is 0 Å². The number of hydrogen-bond acceptors (Lipinski definition) is 2. The summed E-state index contributed by atoms with van der Waals surface area (Å²) in [5.74, 6) is 5.82. The van der Waals surface area contributed by atoms with Crippen molar-refractivity contribution in [3.05, 3.63) is 36.1 Å². The molecule has 0 unspecified atom stereocenters. The third-order valence-corrected chi connectivity index (χ3v) is 2.27. The molecule has 15 heavy (non-hydrogen) atoms. The Labute approximate surface area is 89.3 Å². The molecule has 0 atom stereocenters. The van der Waals surface area contributed by atoms with Gasteiger partial charge in [-0.2, -0.15) is 0 Å². The summed E-state index contributed by atoms with van der Waals surface area (Å²) in [6.45, 7) is 3.36. The highest BCUT2D eigenvalue weighted by Crippen LogP contribution is 2.20. The Bertz CT molecular complexity index is 502.